The molecule has 0 spiro atoms. The van der Waals surface area contributed by atoms with Crippen LogP contribution in [0.4, 0.5) is 11.4 Å². The number of aryl methyl sites for hydroxylation is 2. The molecular weight excluding hydrogens is 288 g/mol. The van der Waals surface area contributed by atoms with Crippen LogP contribution in [0.5, 0.6) is 0 Å². The lowest BCUT2D eigenvalue weighted by molar-refractivity contribution is -0.384. The smallest absolute Gasteiger partial charge is 0.293 e. The molecule has 0 aliphatic rings. The molecular formula is C15H16N2O3S. The van der Waals surface area contributed by atoms with Gasteiger partial charge in [0.15, 0.2) is 0 Å². The molecule has 0 radical (unpaired) electrons. The number of carbonyl (C=O) groups excluding carboxylic acids is 1. The molecule has 5 nitrogen and oxygen atoms in total. The number of hydrogen-bond donors (Lipinski definition) is 1. The molecule has 2 aromatic rings. The highest BCUT2D eigenvalue weighted by Crippen LogP contribution is 2.32. The van der Waals surface area contributed by atoms with Gasteiger partial charge in [-0.3, -0.25) is 14.9 Å². The number of thiophene rings is 1. The zero-order valence-electron chi connectivity index (χ0n) is 12.0. The van der Waals surface area contributed by atoms with Crippen LogP contribution >= 0.6 is 11.3 Å². The Morgan fingerprint density at radius 1 is 1.33 bits per heavy atom. The number of nitrogens with zero attached hydrogens (tertiary/aromatic N) is 1. The molecule has 0 saturated carbocycles. The Labute approximate surface area is 126 Å². The Morgan fingerprint density at radius 3 is 2.57 bits per heavy atom. The largest absolute Gasteiger partial charge is 0.373 e. The lowest BCUT2D eigenvalue weighted by Gasteiger charge is -2.15. The van der Waals surface area contributed by atoms with Gasteiger partial charge in [-0.2, -0.15) is 0 Å². The van der Waals surface area contributed by atoms with E-state index in [1.54, 1.807) is 23.5 Å². The minimum atomic E-state index is -0.478. The summed E-state index contributed by atoms with van der Waals surface area (Å²) in [5.74, 6) is 0. The first-order chi connectivity index (χ1) is 9.92. The molecule has 1 N–H and O–H groups in total. The summed E-state index contributed by atoms with van der Waals surface area (Å²) in [5, 5.41) is 14.3. The van der Waals surface area contributed by atoms with Crippen molar-refractivity contribution >= 4 is 29.0 Å². The van der Waals surface area contributed by atoms with Crippen molar-refractivity contribution in [2.24, 2.45) is 0 Å². The molecule has 6 heteroatoms. The molecule has 1 aromatic carbocycles. The topological polar surface area (TPSA) is 72.2 Å². The minimum Gasteiger partial charge on any atom is -0.373 e. The zero-order valence-corrected chi connectivity index (χ0v) is 12.9. The highest BCUT2D eigenvalue weighted by molar-refractivity contribution is 7.12. The number of nitro benzene ring substituents is 1. The van der Waals surface area contributed by atoms with E-state index in [9.17, 15) is 14.9 Å². The zero-order chi connectivity index (χ0) is 15.6. The number of anilines is 1. The van der Waals surface area contributed by atoms with Crippen LogP contribution in [-0.2, 0) is 0 Å². The normalized spacial score (nSPS) is 12.0. The summed E-state index contributed by atoms with van der Waals surface area (Å²) in [6.45, 7) is 6.04. The van der Waals surface area contributed by atoms with E-state index in [0.717, 1.165) is 5.56 Å². The third kappa shape index (κ3) is 3.28. The van der Waals surface area contributed by atoms with E-state index in [2.05, 4.69) is 11.4 Å². The maximum atomic E-state index is 11.1. The lowest BCUT2D eigenvalue weighted by atomic mass is 10.1. The molecule has 1 atom stereocenters. The Morgan fingerprint density at radius 2 is 2.05 bits per heavy atom. The first kappa shape index (κ1) is 15.2. The Bertz CT molecular complexity index is 694. The van der Waals surface area contributed by atoms with Gasteiger partial charge in [0.25, 0.3) is 5.69 Å². The second-order valence-corrected chi connectivity index (χ2v) is 6.35. The first-order valence-electron chi connectivity index (χ1n) is 6.49. The highest BCUT2D eigenvalue weighted by atomic mass is 32.1. The predicted octanol–water partition coefficient (Wildman–Crippen LogP) is 4.26. The summed E-state index contributed by atoms with van der Waals surface area (Å²) in [7, 11) is 0. The number of nitrogens with one attached hydrogen (secondary N) is 1. The van der Waals surface area contributed by atoms with Crippen molar-refractivity contribution in [3.63, 3.8) is 0 Å². The molecule has 0 bridgehead atoms. The fraction of sp³-hybridized carbons (Fsp3) is 0.267. The number of nitro groups is 1. The number of benzene rings is 1. The Kier molecular flexibility index (Phi) is 4.37. The number of carbonyl (C=O) groups is 1. The Hall–Kier alpha value is -2.21. The number of rotatable bonds is 5. The van der Waals surface area contributed by atoms with Crippen molar-refractivity contribution in [2.45, 2.75) is 26.8 Å². The van der Waals surface area contributed by atoms with Crippen molar-refractivity contribution < 1.29 is 9.72 Å². The van der Waals surface area contributed by atoms with Crippen molar-refractivity contribution in [1.29, 1.82) is 0 Å². The van der Waals surface area contributed by atoms with E-state index in [-0.39, 0.29) is 11.7 Å². The maximum Gasteiger partial charge on any atom is 0.293 e. The maximum absolute atomic E-state index is 11.1. The molecule has 2 rings (SSSR count). The molecule has 0 saturated heterocycles. The van der Waals surface area contributed by atoms with E-state index in [1.807, 2.05) is 20.8 Å². The fourth-order valence-corrected chi connectivity index (χ4v) is 3.31. The summed E-state index contributed by atoms with van der Waals surface area (Å²) in [6, 6.07) is 6.47. The van der Waals surface area contributed by atoms with Crippen LogP contribution in [-0.4, -0.2) is 11.2 Å². The van der Waals surface area contributed by atoms with E-state index >= 15 is 0 Å². The van der Waals surface area contributed by atoms with Gasteiger partial charge in [-0.1, -0.05) is 0 Å². The summed E-state index contributed by atoms with van der Waals surface area (Å²) < 4.78 is 0. The van der Waals surface area contributed by atoms with Gasteiger partial charge in [-0.25, -0.2) is 0 Å². The second kappa shape index (κ2) is 6.05. The lowest BCUT2D eigenvalue weighted by Crippen LogP contribution is -2.08. The average Bonchev–Trinajstić information content (AvgIpc) is 2.78. The van der Waals surface area contributed by atoms with Gasteiger partial charge in [0.05, 0.1) is 4.92 Å². The predicted molar refractivity (Wildman–Crippen MR) is 84.3 cm³/mol. The van der Waals surface area contributed by atoms with Gasteiger partial charge >= 0.3 is 0 Å². The average molecular weight is 304 g/mol. The molecule has 1 heterocycles. The fourth-order valence-electron chi connectivity index (χ4n) is 2.29. The van der Waals surface area contributed by atoms with Crippen LogP contribution in [0.2, 0.25) is 0 Å². The van der Waals surface area contributed by atoms with Crippen LogP contribution in [0.15, 0.2) is 24.3 Å². The second-order valence-electron chi connectivity index (χ2n) is 4.89. The Balaban J connectivity index is 2.32. The van der Waals surface area contributed by atoms with Gasteiger partial charge in [-0.15, -0.1) is 11.3 Å². The van der Waals surface area contributed by atoms with E-state index in [4.69, 9.17) is 0 Å². The summed E-state index contributed by atoms with van der Waals surface area (Å²) in [5.41, 5.74) is 1.76. The third-order valence-electron chi connectivity index (χ3n) is 3.27. The van der Waals surface area contributed by atoms with Crippen molar-refractivity contribution in [1.82, 2.24) is 0 Å². The van der Waals surface area contributed by atoms with Gasteiger partial charge in [0, 0.05) is 27.4 Å². The molecule has 110 valence electrons. The van der Waals surface area contributed by atoms with E-state index < -0.39 is 4.92 Å². The van der Waals surface area contributed by atoms with Crippen molar-refractivity contribution in [3.05, 3.63) is 55.3 Å². The van der Waals surface area contributed by atoms with E-state index in [1.165, 1.54) is 15.8 Å². The van der Waals surface area contributed by atoms with E-state index in [0.29, 0.717) is 17.5 Å². The van der Waals surface area contributed by atoms with Crippen LogP contribution in [0.25, 0.3) is 0 Å². The molecule has 21 heavy (non-hydrogen) atoms. The van der Waals surface area contributed by atoms with Crippen molar-refractivity contribution in [3.8, 4) is 0 Å². The highest BCUT2D eigenvalue weighted by Gasteiger charge is 2.18. The van der Waals surface area contributed by atoms with Gasteiger partial charge in [-0.05, 0) is 44.5 Å². The summed E-state index contributed by atoms with van der Waals surface area (Å²) >= 11 is 1.70. The molecule has 0 amide bonds. The summed E-state index contributed by atoms with van der Waals surface area (Å²) in [4.78, 5) is 23.8. The molecule has 0 aliphatic heterocycles. The van der Waals surface area contributed by atoms with Gasteiger partial charge < -0.3 is 5.32 Å². The molecule has 0 aliphatic carbocycles. The van der Waals surface area contributed by atoms with Gasteiger partial charge in [0.1, 0.15) is 12.0 Å². The number of aldehydes is 1. The standard InChI is InChI=1S/C15H16N2O3S/c1-9-6-13(11(3)21-9)10(2)16-14-5-4-12(8-18)7-15(14)17(19)20/h4-8,10,16H,1-3H3. The monoisotopic (exact) mass is 304 g/mol. The first-order valence-corrected chi connectivity index (χ1v) is 7.31. The van der Waals surface area contributed by atoms with Gasteiger partial charge in [0.2, 0.25) is 0 Å². The van der Waals surface area contributed by atoms with Crippen LogP contribution in [0.3, 0.4) is 0 Å². The molecule has 1 aromatic heterocycles. The molecule has 0 fully saturated rings. The SMILES string of the molecule is Cc1cc(C(C)Nc2ccc(C=O)cc2[N+](=O)[O-])c(C)s1. The van der Waals surface area contributed by atoms with Crippen LogP contribution < -0.4 is 5.32 Å². The minimum absolute atomic E-state index is 0.0456. The van der Waals surface area contributed by atoms with Crippen LogP contribution in [0, 0.1) is 24.0 Å². The third-order valence-corrected chi connectivity index (χ3v) is 4.25. The quantitative estimate of drug-likeness (QED) is 0.509. The summed E-state index contributed by atoms with van der Waals surface area (Å²) in [6.07, 6.45) is 0.604. The van der Waals surface area contributed by atoms with Crippen molar-refractivity contribution in [2.75, 3.05) is 5.32 Å². The number of hydrogen-bond acceptors (Lipinski definition) is 5. The van der Waals surface area contributed by atoms with Crippen LogP contribution in [0.1, 0.15) is 38.6 Å². The molecule has 1 unspecified atom stereocenters.